The van der Waals surface area contributed by atoms with Crippen molar-refractivity contribution in [3.63, 3.8) is 0 Å². The maximum atomic E-state index is 6.48. The number of rotatable bonds is 3. The van der Waals surface area contributed by atoms with Gasteiger partial charge in [0, 0.05) is 18.6 Å². The third-order valence-electron chi connectivity index (χ3n) is 4.99. The standard InChI is InChI=1S/C17H26N2/c1-14-7-10-19(12-15-5-3-2-4-6-15)13-16(11-14)17(18)8-9-17/h2-6,14,16H,7-13,18H2,1H3. The molecule has 1 heterocycles. The zero-order valence-electron chi connectivity index (χ0n) is 12.0. The maximum absolute atomic E-state index is 6.48. The van der Waals surface area contributed by atoms with Crippen molar-refractivity contribution in [2.75, 3.05) is 13.1 Å². The number of benzene rings is 1. The van der Waals surface area contributed by atoms with E-state index in [1.807, 2.05) is 0 Å². The summed E-state index contributed by atoms with van der Waals surface area (Å²) in [4.78, 5) is 2.62. The number of hydrogen-bond acceptors (Lipinski definition) is 2. The van der Waals surface area contributed by atoms with Gasteiger partial charge in [-0.3, -0.25) is 4.90 Å². The van der Waals surface area contributed by atoms with Crippen LogP contribution in [0.1, 0.15) is 38.2 Å². The van der Waals surface area contributed by atoms with Gasteiger partial charge in [-0.15, -0.1) is 0 Å². The van der Waals surface area contributed by atoms with E-state index in [9.17, 15) is 0 Å². The largest absolute Gasteiger partial charge is 0.325 e. The lowest BCUT2D eigenvalue weighted by atomic mass is 9.88. The van der Waals surface area contributed by atoms with Gasteiger partial charge >= 0.3 is 0 Å². The molecule has 1 aliphatic heterocycles. The van der Waals surface area contributed by atoms with Crippen molar-refractivity contribution in [2.45, 2.75) is 44.7 Å². The molecule has 19 heavy (non-hydrogen) atoms. The first-order valence-corrected chi connectivity index (χ1v) is 7.71. The summed E-state index contributed by atoms with van der Waals surface area (Å²) in [7, 11) is 0. The Morgan fingerprint density at radius 3 is 2.68 bits per heavy atom. The van der Waals surface area contributed by atoms with Gasteiger partial charge in [0.15, 0.2) is 0 Å². The van der Waals surface area contributed by atoms with Crippen LogP contribution in [0.3, 0.4) is 0 Å². The van der Waals surface area contributed by atoms with Gasteiger partial charge in [-0.2, -0.15) is 0 Å². The Kier molecular flexibility index (Phi) is 3.64. The van der Waals surface area contributed by atoms with Gasteiger partial charge in [-0.1, -0.05) is 37.3 Å². The van der Waals surface area contributed by atoms with E-state index in [-0.39, 0.29) is 5.54 Å². The molecule has 2 unspecified atom stereocenters. The Morgan fingerprint density at radius 1 is 1.26 bits per heavy atom. The van der Waals surface area contributed by atoms with Gasteiger partial charge in [-0.05, 0) is 49.6 Å². The Morgan fingerprint density at radius 2 is 2.00 bits per heavy atom. The van der Waals surface area contributed by atoms with Crippen LogP contribution in [0.4, 0.5) is 0 Å². The van der Waals surface area contributed by atoms with E-state index < -0.39 is 0 Å². The molecule has 2 heteroatoms. The number of likely N-dealkylation sites (tertiary alicyclic amines) is 1. The Bertz CT molecular complexity index is 411. The van der Waals surface area contributed by atoms with E-state index in [1.54, 1.807) is 0 Å². The smallest absolute Gasteiger partial charge is 0.0233 e. The van der Waals surface area contributed by atoms with Crippen LogP contribution in [0, 0.1) is 11.8 Å². The van der Waals surface area contributed by atoms with Crippen LogP contribution < -0.4 is 5.73 Å². The second kappa shape index (κ2) is 5.26. The van der Waals surface area contributed by atoms with E-state index in [2.05, 4.69) is 42.2 Å². The first-order chi connectivity index (χ1) is 9.16. The minimum atomic E-state index is 0.174. The predicted molar refractivity (Wildman–Crippen MR) is 79.8 cm³/mol. The topological polar surface area (TPSA) is 29.3 Å². The first-order valence-electron chi connectivity index (χ1n) is 7.71. The van der Waals surface area contributed by atoms with Gasteiger partial charge in [0.1, 0.15) is 0 Å². The van der Waals surface area contributed by atoms with Crippen LogP contribution in [0.25, 0.3) is 0 Å². The van der Waals surface area contributed by atoms with Crippen LogP contribution in [-0.2, 0) is 6.54 Å². The molecule has 3 rings (SSSR count). The van der Waals surface area contributed by atoms with Crippen molar-refractivity contribution in [3.8, 4) is 0 Å². The molecule has 0 radical (unpaired) electrons. The maximum Gasteiger partial charge on any atom is 0.0233 e. The molecule has 1 saturated carbocycles. The predicted octanol–water partition coefficient (Wildman–Crippen LogP) is 3.03. The molecular formula is C17H26N2. The summed E-state index contributed by atoms with van der Waals surface area (Å²) in [5, 5.41) is 0. The van der Waals surface area contributed by atoms with Crippen LogP contribution in [0.2, 0.25) is 0 Å². The van der Waals surface area contributed by atoms with Crippen molar-refractivity contribution in [1.29, 1.82) is 0 Å². The molecule has 0 amide bonds. The molecule has 1 saturated heterocycles. The van der Waals surface area contributed by atoms with Crippen LogP contribution >= 0.6 is 0 Å². The van der Waals surface area contributed by atoms with E-state index in [4.69, 9.17) is 5.73 Å². The molecule has 1 aliphatic carbocycles. The van der Waals surface area contributed by atoms with Crippen molar-refractivity contribution in [2.24, 2.45) is 17.6 Å². The normalized spacial score (nSPS) is 30.8. The average Bonchev–Trinajstić information content (AvgIpc) is 3.17. The van der Waals surface area contributed by atoms with Crippen molar-refractivity contribution < 1.29 is 0 Å². The van der Waals surface area contributed by atoms with Gasteiger partial charge in [0.2, 0.25) is 0 Å². The third kappa shape index (κ3) is 3.18. The minimum Gasteiger partial charge on any atom is -0.325 e. The lowest BCUT2D eigenvalue weighted by Gasteiger charge is -2.28. The Hall–Kier alpha value is -0.860. The average molecular weight is 258 g/mol. The van der Waals surface area contributed by atoms with E-state index >= 15 is 0 Å². The van der Waals surface area contributed by atoms with Gasteiger partial charge in [0.05, 0.1) is 0 Å². The Balaban J connectivity index is 1.67. The quantitative estimate of drug-likeness (QED) is 0.903. The minimum absolute atomic E-state index is 0.174. The van der Waals surface area contributed by atoms with Gasteiger partial charge in [-0.25, -0.2) is 0 Å². The summed E-state index contributed by atoms with van der Waals surface area (Å²) >= 11 is 0. The SMILES string of the molecule is CC1CCN(Cc2ccccc2)CC(C2(N)CC2)C1. The summed E-state index contributed by atoms with van der Waals surface area (Å²) in [6, 6.07) is 10.8. The zero-order valence-corrected chi connectivity index (χ0v) is 12.0. The van der Waals surface area contributed by atoms with Gasteiger partial charge < -0.3 is 5.73 Å². The fraction of sp³-hybridized carbons (Fsp3) is 0.647. The number of hydrogen-bond donors (Lipinski definition) is 1. The molecule has 2 nitrogen and oxygen atoms in total. The molecule has 1 aromatic rings. The third-order valence-corrected chi connectivity index (χ3v) is 4.99. The van der Waals surface area contributed by atoms with E-state index in [0.29, 0.717) is 5.92 Å². The second-order valence-electron chi connectivity index (χ2n) is 6.78. The van der Waals surface area contributed by atoms with E-state index in [1.165, 1.54) is 44.3 Å². The fourth-order valence-electron chi connectivity index (χ4n) is 3.44. The molecule has 2 atom stereocenters. The monoisotopic (exact) mass is 258 g/mol. The van der Waals surface area contributed by atoms with Crippen LogP contribution in [0.5, 0.6) is 0 Å². The van der Waals surface area contributed by atoms with Gasteiger partial charge in [0.25, 0.3) is 0 Å². The van der Waals surface area contributed by atoms with Crippen molar-refractivity contribution in [3.05, 3.63) is 35.9 Å². The number of nitrogens with two attached hydrogens (primary N) is 1. The van der Waals surface area contributed by atoms with Crippen LogP contribution in [-0.4, -0.2) is 23.5 Å². The molecule has 2 fully saturated rings. The highest BCUT2D eigenvalue weighted by Crippen LogP contribution is 2.44. The second-order valence-corrected chi connectivity index (χ2v) is 6.78. The molecule has 0 aromatic heterocycles. The summed E-state index contributed by atoms with van der Waals surface area (Å²) in [6.45, 7) is 5.89. The fourth-order valence-corrected chi connectivity index (χ4v) is 3.44. The van der Waals surface area contributed by atoms with Crippen LogP contribution in [0.15, 0.2) is 30.3 Å². The zero-order chi connectivity index (χ0) is 13.3. The highest BCUT2D eigenvalue weighted by Gasteiger charge is 2.46. The van der Waals surface area contributed by atoms with Crippen molar-refractivity contribution >= 4 is 0 Å². The summed E-state index contributed by atoms with van der Waals surface area (Å²) in [6.07, 6.45) is 5.12. The molecule has 104 valence electrons. The molecular weight excluding hydrogens is 232 g/mol. The highest BCUT2D eigenvalue weighted by atomic mass is 15.1. The molecule has 0 spiro atoms. The first kappa shape index (κ1) is 13.1. The lowest BCUT2D eigenvalue weighted by molar-refractivity contribution is 0.217. The Labute approximate surface area is 117 Å². The summed E-state index contributed by atoms with van der Waals surface area (Å²) < 4.78 is 0. The lowest BCUT2D eigenvalue weighted by Crippen LogP contribution is -2.40. The van der Waals surface area contributed by atoms with Crippen molar-refractivity contribution in [1.82, 2.24) is 4.90 Å². The number of nitrogens with zero attached hydrogens (tertiary/aromatic N) is 1. The molecule has 2 N–H and O–H groups in total. The van der Waals surface area contributed by atoms with E-state index in [0.717, 1.165) is 12.5 Å². The summed E-state index contributed by atoms with van der Waals surface area (Å²) in [5.41, 5.74) is 8.08. The highest BCUT2D eigenvalue weighted by molar-refractivity contribution is 5.15. The molecule has 2 aliphatic rings. The molecule has 1 aromatic carbocycles. The summed E-state index contributed by atoms with van der Waals surface area (Å²) in [5.74, 6) is 1.53. The molecule has 0 bridgehead atoms.